The van der Waals surface area contributed by atoms with Crippen LogP contribution in [-0.2, 0) is 6.54 Å². The number of imidazole rings is 1. The molecular weight excluding hydrogens is 295 g/mol. The molecule has 0 radical (unpaired) electrons. The highest BCUT2D eigenvalue weighted by Gasteiger charge is 2.44. The van der Waals surface area contributed by atoms with Crippen LogP contribution < -0.4 is 0 Å². The Bertz CT molecular complexity index is 652. The van der Waals surface area contributed by atoms with E-state index in [0.717, 1.165) is 17.5 Å². The number of rotatable bonds is 2. The first-order valence-corrected chi connectivity index (χ1v) is 7.95. The van der Waals surface area contributed by atoms with E-state index in [4.69, 9.17) is 23.2 Å². The van der Waals surface area contributed by atoms with E-state index in [-0.39, 0.29) is 5.28 Å². The van der Waals surface area contributed by atoms with E-state index in [9.17, 15) is 0 Å². The second kappa shape index (κ2) is 4.57. The van der Waals surface area contributed by atoms with Crippen molar-refractivity contribution in [2.24, 2.45) is 11.3 Å². The van der Waals surface area contributed by atoms with Gasteiger partial charge < -0.3 is 4.57 Å². The topological polar surface area (TPSA) is 43.6 Å². The molecule has 2 aromatic heterocycles. The second-order valence-corrected chi connectivity index (χ2v) is 6.99. The molecule has 4 nitrogen and oxygen atoms in total. The molecule has 0 unspecified atom stereocenters. The van der Waals surface area contributed by atoms with E-state index >= 15 is 0 Å². The van der Waals surface area contributed by atoms with Crippen LogP contribution in [0.5, 0.6) is 0 Å². The van der Waals surface area contributed by atoms with Crippen molar-refractivity contribution in [3.8, 4) is 0 Å². The lowest BCUT2D eigenvalue weighted by Crippen LogP contribution is -2.19. The van der Waals surface area contributed by atoms with E-state index in [1.807, 2.05) is 6.33 Å². The molecule has 1 spiro atoms. The number of halogens is 2. The fraction of sp³-hybridized carbons (Fsp3) is 0.643. The molecule has 0 saturated heterocycles. The van der Waals surface area contributed by atoms with E-state index < -0.39 is 0 Å². The van der Waals surface area contributed by atoms with Crippen molar-refractivity contribution in [1.82, 2.24) is 19.5 Å². The van der Waals surface area contributed by atoms with Gasteiger partial charge in [0.25, 0.3) is 0 Å². The zero-order chi connectivity index (χ0) is 13.7. The lowest BCUT2D eigenvalue weighted by Gasteiger charge is -2.28. The molecule has 4 rings (SSSR count). The van der Waals surface area contributed by atoms with Crippen LogP contribution in [0, 0.1) is 11.3 Å². The van der Waals surface area contributed by atoms with Crippen molar-refractivity contribution >= 4 is 34.4 Å². The van der Waals surface area contributed by atoms with Gasteiger partial charge in [0.15, 0.2) is 10.8 Å². The van der Waals surface area contributed by atoms with Crippen molar-refractivity contribution in [2.45, 2.75) is 45.1 Å². The van der Waals surface area contributed by atoms with Gasteiger partial charge in [0.2, 0.25) is 5.28 Å². The van der Waals surface area contributed by atoms with Crippen LogP contribution in [0.4, 0.5) is 0 Å². The fourth-order valence-electron chi connectivity index (χ4n) is 3.48. The molecule has 20 heavy (non-hydrogen) atoms. The van der Waals surface area contributed by atoms with Crippen molar-refractivity contribution in [1.29, 1.82) is 0 Å². The maximum absolute atomic E-state index is 6.19. The third kappa shape index (κ3) is 2.19. The molecule has 2 heterocycles. The van der Waals surface area contributed by atoms with Crippen molar-refractivity contribution in [3.05, 3.63) is 16.8 Å². The molecule has 106 valence electrons. The molecule has 0 N–H and O–H groups in total. The predicted octanol–water partition coefficient (Wildman–Crippen LogP) is 4.10. The minimum Gasteiger partial charge on any atom is -0.326 e. The van der Waals surface area contributed by atoms with Crippen LogP contribution in [0.2, 0.25) is 10.4 Å². The molecule has 0 atom stereocenters. The van der Waals surface area contributed by atoms with Gasteiger partial charge in [0, 0.05) is 6.54 Å². The molecule has 0 bridgehead atoms. The summed E-state index contributed by atoms with van der Waals surface area (Å²) in [5.41, 5.74) is 2.13. The average Bonchev–Trinajstić information content (AvgIpc) is 3.05. The van der Waals surface area contributed by atoms with Crippen LogP contribution in [0.3, 0.4) is 0 Å². The van der Waals surface area contributed by atoms with Gasteiger partial charge in [-0.2, -0.15) is 4.98 Å². The maximum atomic E-state index is 6.19. The van der Waals surface area contributed by atoms with Gasteiger partial charge in [-0.3, -0.25) is 0 Å². The summed E-state index contributed by atoms with van der Waals surface area (Å²) in [5, 5.41) is 0.549. The van der Waals surface area contributed by atoms with Crippen LogP contribution in [0.1, 0.15) is 38.5 Å². The first kappa shape index (κ1) is 12.8. The minimum absolute atomic E-state index is 0.154. The smallest absolute Gasteiger partial charge is 0.225 e. The largest absolute Gasteiger partial charge is 0.326 e. The number of hydrogen-bond acceptors (Lipinski definition) is 3. The van der Waals surface area contributed by atoms with Crippen LogP contribution in [0.25, 0.3) is 11.2 Å². The summed E-state index contributed by atoms with van der Waals surface area (Å²) in [4.78, 5) is 12.4. The monoisotopic (exact) mass is 310 g/mol. The van der Waals surface area contributed by atoms with Crippen LogP contribution in [0.15, 0.2) is 6.33 Å². The van der Waals surface area contributed by atoms with E-state index in [2.05, 4.69) is 19.5 Å². The highest BCUT2D eigenvalue weighted by molar-refractivity contribution is 6.35. The van der Waals surface area contributed by atoms with Crippen molar-refractivity contribution < 1.29 is 0 Å². The molecule has 0 aliphatic heterocycles. The van der Waals surface area contributed by atoms with Gasteiger partial charge in [-0.05, 0) is 61.5 Å². The molecular formula is C14H16Cl2N4. The zero-order valence-corrected chi connectivity index (χ0v) is 12.7. The average molecular weight is 311 g/mol. The van der Waals surface area contributed by atoms with E-state index in [1.165, 1.54) is 38.5 Å². The van der Waals surface area contributed by atoms with Gasteiger partial charge in [-0.1, -0.05) is 11.6 Å². The van der Waals surface area contributed by atoms with Gasteiger partial charge in [-0.15, -0.1) is 0 Å². The Kier molecular flexibility index (Phi) is 2.93. The molecule has 0 amide bonds. The Labute approximate surface area is 127 Å². The summed E-state index contributed by atoms with van der Waals surface area (Å²) in [5.74, 6) is 0.713. The van der Waals surface area contributed by atoms with Gasteiger partial charge in [-0.25, -0.2) is 9.97 Å². The number of nitrogens with zero attached hydrogens (tertiary/aromatic N) is 4. The Hall–Kier alpha value is -0.870. The molecule has 0 aromatic carbocycles. The Balaban J connectivity index is 1.57. The standard InChI is InChI=1S/C14H16Cl2N4/c15-11-10-12(19-13(16)18-11)17-8-20(10)7-9-1-3-14(4-2-9)5-6-14/h8-9H,1-7H2. The lowest BCUT2D eigenvalue weighted by atomic mass is 9.80. The summed E-state index contributed by atoms with van der Waals surface area (Å²) in [7, 11) is 0. The Morgan fingerprint density at radius 2 is 1.90 bits per heavy atom. The highest BCUT2D eigenvalue weighted by atomic mass is 35.5. The third-order valence-electron chi connectivity index (χ3n) is 4.98. The van der Waals surface area contributed by atoms with Crippen LogP contribution in [-0.4, -0.2) is 19.5 Å². The molecule has 6 heteroatoms. The molecule has 2 fully saturated rings. The zero-order valence-electron chi connectivity index (χ0n) is 11.1. The Morgan fingerprint density at radius 3 is 2.60 bits per heavy atom. The Morgan fingerprint density at radius 1 is 1.15 bits per heavy atom. The second-order valence-electron chi connectivity index (χ2n) is 6.30. The van der Waals surface area contributed by atoms with Gasteiger partial charge in [0.05, 0.1) is 6.33 Å². The molecule has 2 saturated carbocycles. The fourth-order valence-corrected chi connectivity index (χ4v) is 3.96. The number of aromatic nitrogens is 4. The van der Waals surface area contributed by atoms with Crippen molar-refractivity contribution in [2.75, 3.05) is 0 Å². The first-order valence-electron chi connectivity index (χ1n) is 7.19. The van der Waals surface area contributed by atoms with Crippen molar-refractivity contribution in [3.63, 3.8) is 0 Å². The maximum Gasteiger partial charge on any atom is 0.225 e. The molecule has 2 aliphatic carbocycles. The van der Waals surface area contributed by atoms with Crippen LogP contribution >= 0.6 is 23.2 Å². The van der Waals surface area contributed by atoms with Gasteiger partial charge in [0.1, 0.15) is 5.52 Å². The summed E-state index contributed by atoms with van der Waals surface area (Å²) < 4.78 is 2.09. The normalized spacial score (nSPS) is 21.7. The summed E-state index contributed by atoms with van der Waals surface area (Å²) in [6, 6.07) is 0. The van der Waals surface area contributed by atoms with Gasteiger partial charge >= 0.3 is 0 Å². The van der Waals surface area contributed by atoms with E-state index in [1.54, 1.807) is 0 Å². The lowest BCUT2D eigenvalue weighted by molar-refractivity contribution is 0.238. The molecule has 2 aromatic rings. The first-order chi connectivity index (χ1) is 9.65. The number of hydrogen-bond donors (Lipinski definition) is 0. The SMILES string of the molecule is Clc1nc(Cl)c2c(ncn2CC2CCC3(CC2)CC3)n1. The number of fused-ring (bicyclic) bond motifs is 1. The van der Waals surface area contributed by atoms with E-state index in [0.29, 0.717) is 16.7 Å². The summed E-state index contributed by atoms with van der Waals surface area (Å²) in [6.07, 6.45) is 10.1. The summed E-state index contributed by atoms with van der Waals surface area (Å²) >= 11 is 12.0. The summed E-state index contributed by atoms with van der Waals surface area (Å²) in [6.45, 7) is 0.956. The quantitative estimate of drug-likeness (QED) is 0.619. The minimum atomic E-state index is 0.154. The third-order valence-corrected chi connectivity index (χ3v) is 5.41. The predicted molar refractivity (Wildman–Crippen MR) is 79.0 cm³/mol. The molecule has 2 aliphatic rings. The highest BCUT2D eigenvalue weighted by Crippen LogP contribution is 2.57.